The number of nitrogens with zero attached hydrogens (tertiary/aromatic N) is 2. The van der Waals surface area contributed by atoms with Crippen molar-refractivity contribution in [2.75, 3.05) is 7.11 Å². The topological polar surface area (TPSA) is 64.3 Å². The highest BCUT2D eigenvalue weighted by atomic mass is 19.4. The molecule has 0 aliphatic rings. The van der Waals surface area contributed by atoms with E-state index >= 15 is 0 Å². The van der Waals surface area contributed by atoms with E-state index in [9.17, 15) is 18.0 Å². The molecule has 1 aromatic carbocycles. The van der Waals surface area contributed by atoms with Gasteiger partial charge >= 0.3 is 12.1 Å². The SMILES string of the molecule is COc1c(CC(=O)O)cnn1Cc1ccccc1C(F)(F)F. The first kappa shape index (κ1) is 15.9. The van der Waals surface area contributed by atoms with Crippen LogP contribution in [0.3, 0.4) is 0 Å². The zero-order chi connectivity index (χ0) is 16.3. The molecule has 0 aliphatic heterocycles. The van der Waals surface area contributed by atoms with Crippen molar-refractivity contribution in [3.8, 4) is 5.88 Å². The number of hydrogen-bond acceptors (Lipinski definition) is 3. The summed E-state index contributed by atoms with van der Waals surface area (Å²) in [4.78, 5) is 10.7. The van der Waals surface area contributed by atoms with Crippen molar-refractivity contribution in [2.24, 2.45) is 0 Å². The second-order valence-corrected chi connectivity index (χ2v) is 4.56. The van der Waals surface area contributed by atoms with Crippen molar-refractivity contribution in [2.45, 2.75) is 19.1 Å². The zero-order valence-electron chi connectivity index (χ0n) is 11.6. The van der Waals surface area contributed by atoms with Gasteiger partial charge in [-0.05, 0) is 11.6 Å². The zero-order valence-corrected chi connectivity index (χ0v) is 11.6. The predicted molar refractivity (Wildman–Crippen MR) is 70.7 cm³/mol. The van der Waals surface area contributed by atoms with Gasteiger partial charge in [0, 0.05) is 5.56 Å². The lowest BCUT2D eigenvalue weighted by Gasteiger charge is -2.14. The van der Waals surface area contributed by atoms with Crippen LogP contribution in [0.25, 0.3) is 0 Å². The van der Waals surface area contributed by atoms with Crippen molar-refractivity contribution in [1.29, 1.82) is 0 Å². The van der Waals surface area contributed by atoms with Crippen LogP contribution in [0.5, 0.6) is 5.88 Å². The summed E-state index contributed by atoms with van der Waals surface area (Å²) in [6, 6.07) is 5.14. The van der Waals surface area contributed by atoms with Gasteiger partial charge in [-0.2, -0.15) is 18.3 Å². The largest absolute Gasteiger partial charge is 0.481 e. The van der Waals surface area contributed by atoms with E-state index in [0.29, 0.717) is 5.56 Å². The monoisotopic (exact) mass is 314 g/mol. The second kappa shape index (κ2) is 6.08. The first-order valence-electron chi connectivity index (χ1n) is 6.28. The van der Waals surface area contributed by atoms with Crippen molar-refractivity contribution in [3.63, 3.8) is 0 Å². The lowest BCUT2D eigenvalue weighted by Crippen LogP contribution is -2.13. The van der Waals surface area contributed by atoms with Crippen LogP contribution >= 0.6 is 0 Å². The summed E-state index contributed by atoms with van der Waals surface area (Å²) in [5.74, 6) is -0.937. The third-order valence-electron chi connectivity index (χ3n) is 3.04. The van der Waals surface area contributed by atoms with Gasteiger partial charge in [0.2, 0.25) is 5.88 Å². The molecule has 0 bridgehead atoms. The number of carboxylic acid groups (broad SMARTS) is 1. The Balaban J connectivity index is 2.36. The summed E-state index contributed by atoms with van der Waals surface area (Å²) in [5.41, 5.74) is -0.426. The number of aromatic nitrogens is 2. The summed E-state index contributed by atoms with van der Waals surface area (Å²) in [6.45, 7) is -0.168. The van der Waals surface area contributed by atoms with Crippen molar-refractivity contribution in [1.82, 2.24) is 9.78 Å². The number of alkyl halides is 3. The van der Waals surface area contributed by atoms with E-state index < -0.39 is 17.7 Å². The van der Waals surface area contributed by atoms with Gasteiger partial charge < -0.3 is 9.84 Å². The quantitative estimate of drug-likeness (QED) is 0.921. The molecule has 8 heteroatoms. The molecule has 0 spiro atoms. The smallest absolute Gasteiger partial charge is 0.416 e. The number of carbonyl (C=O) groups is 1. The van der Waals surface area contributed by atoms with Crippen molar-refractivity contribution in [3.05, 3.63) is 47.2 Å². The number of benzene rings is 1. The van der Waals surface area contributed by atoms with E-state index in [1.807, 2.05) is 0 Å². The highest BCUT2D eigenvalue weighted by molar-refractivity contribution is 5.70. The molecule has 2 aromatic rings. The minimum atomic E-state index is -4.47. The number of aliphatic carboxylic acids is 1. The van der Waals surface area contributed by atoms with Crippen molar-refractivity contribution >= 4 is 5.97 Å². The molecule has 1 aromatic heterocycles. The molecule has 1 N–H and O–H groups in total. The Hall–Kier alpha value is -2.51. The summed E-state index contributed by atoms with van der Waals surface area (Å²) in [6.07, 6.45) is -3.51. The standard InChI is InChI=1S/C14H13F3N2O3/c1-22-13-10(6-12(20)21)7-18-19(13)8-9-4-2-3-5-11(9)14(15,16)17/h2-5,7H,6,8H2,1H3,(H,20,21). The van der Waals surface area contributed by atoms with E-state index in [1.165, 1.54) is 36.2 Å². The Labute approximate surface area is 123 Å². The third kappa shape index (κ3) is 3.38. The molecule has 0 atom stereocenters. The van der Waals surface area contributed by atoms with Gasteiger partial charge in [-0.1, -0.05) is 18.2 Å². The highest BCUT2D eigenvalue weighted by Gasteiger charge is 2.33. The Morgan fingerprint density at radius 1 is 1.32 bits per heavy atom. The molecule has 0 fully saturated rings. The summed E-state index contributed by atoms with van der Waals surface area (Å²) in [7, 11) is 1.31. The molecule has 0 amide bonds. The van der Waals surface area contributed by atoms with Crippen LogP contribution in [0.15, 0.2) is 30.5 Å². The van der Waals surface area contributed by atoms with Crippen LogP contribution < -0.4 is 4.74 Å². The van der Waals surface area contributed by atoms with Crippen LogP contribution in [0.1, 0.15) is 16.7 Å². The first-order chi connectivity index (χ1) is 10.3. The molecule has 5 nitrogen and oxygen atoms in total. The molecule has 0 unspecified atom stereocenters. The van der Waals surface area contributed by atoms with Gasteiger partial charge in [0.1, 0.15) is 0 Å². The normalized spacial score (nSPS) is 11.5. The number of hydrogen-bond donors (Lipinski definition) is 1. The van der Waals surface area contributed by atoms with E-state index in [0.717, 1.165) is 6.07 Å². The Bertz CT molecular complexity index is 680. The lowest BCUT2D eigenvalue weighted by molar-refractivity contribution is -0.138. The first-order valence-corrected chi connectivity index (χ1v) is 6.28. The highest BCUT2D eigenvalue weighted by Crippen LogP contribution is 2.32. The maximum Gasteiger partial charge on any atom is 0.416 e. The number of methoxy groups -OCH3 is 1. The minimum Gasteiger partial charge on any atom is -0.481 e. The van der Waals surface area contributed by atoms with Gasteiger partial charge in [0.05, 0.1) is 31.8 Å². The molecule has 0 radical (unpaired) electrons. The Kier molecular flexibility index (Phi) is 4.39. The number of carboxylic acids is 1. The van der Waals surface area contributed by atoms with E-state index in [2.05, 4.69) is 5.10 Å². The summed E-state index contributed by atoms with van der Waals surface area (Å²) in [5, 5.41) is 12.7. The van der Waals surface area contributed by atoms with E-state index in [1.54, 1.807) is 0 Å². The average molecular weight is 314 g/mol. The molecular weight excluding hydrogens is 301 g/mol. The minimum absolute atomic E-state index is 0.0262. The molecule has 118 valence electrons. The Morgan fingerprint density at radius 3 is 2.59 bits per heavy atom. The lowest BCUT2D eigenvalue weighted by atomic mass is 10.1. The Morgan fingerprint density at radius 2 is 2.00 bits per heavy atom. The molecule has 0 aliphatic carbocycles. The third-order valence-corrected chi connectivity index (χ3v) is 3.04. The second-order valence-electron chi connectivity index (χ2n) is 4.56. The fourth-order valence-corrected chi connectivity index (χ4v) is 2.14. The predicted octanol–water partition coefficient (Wildman–Crippen LogP) is 2.59. The fourth-order valence-electron chi connectivity index (χ4n) is 2.14. The maximum atomic E-state index is 13.0. The number of rotatable bonds is 5. The van der Waals surface area contributed by atoms with Gasteiger partial charge in [-0.3, -0.25) is 4.79 Å². The molecule has 22 heavy (non-hydrogen) atoms. The van der Waals surface area contributed by atoms with Gasteiger partial charge in [-0.25, -0.2) is 4.68 Å². The van der Waals surface area contributed by atoms with Crippen LogP contribution in [-0.4, -0.2) is 28.0 Å². The van der Waals surface area contributed by atoms with Crippen LogP contribution in [0.4, 0.5) is 13.2 Å². The molecule has 1 heterocycles. The summed E-state index contributed by atoms with van der Waals surface area (Å²) < 4.78 is 45.2. The average Bonchev–Trinajstić information content (AvgIpc) is 2.79. The molecule has 0 saturated carbocycles. The molecule has 2 rings (SSSR count). The summed E-state index contributed by atoms with van der Waals surface area (Å²) >= 11 is 0. The van der Waals surface area contributed by atoms with E-state index in [-0.39, 0.29) is 24.4 Å². The van der Waals surface area contributed by atoms with Crippen LogP contribution in [0.2, 0.25) is 0 Å². The molecular formula is C14H13F3N2O3. The van der Waals surface area contributed by atoms with Crippen LogP contribution in [-0.2, 0) is 23.9 Å². The van der Waals surface area contributed by atoms with Gasteiger partial charge in [-0.15, -0.1) is 0 Å². The fraction of sp³-hybridized carbons (Fsp3) is 0.286. The van der Waals surface area contributed by atoms with Crippen molar-refractivity contribution < 1.29 is 27.8 Å². The van der Waals surface area contributed by atoms with Crippen LogP contribution in [0, 0.1) is 0 Å². The van der Waals surface area contributed by atoms with Gasteiger partial charge in [0.15, 0.2) is 0 Å². The number of ether oxygens (including phenoxy) is 1. The maximum absolute atomic E-state index is 13.0. The van der Waals surface area contributed by atoms with Gasteiger partial charge in [0.25, 0.3) is 0 Å². The number of halogens is 3. The van der Waals surface area contributed by atoms with E-state index in [4.69, 9.17) is 9.84 Å². The molecule has 0 saturated heterocycles.